The zero-order valence-corrected chi connectivity index (χ0v) is 10.3. The van der Waals surface area contributed by atoms with Crippen LogP contribution in [0.1, 0.15) is 23.2 Å². The SMILES string of the molecule is O=C(NCCCCO)c1ccc(Br)cc1O. The van der Waals surface area contributed by atoms with Crippen LogP contribution < -0.4 is 5.32 Å². The smallest absolute Gasteiger partial charge is 0.255 e. The van der Waals surface area contributed by atoms with E-state index in [0.717, 1.165) is 10.9 Å². The first kappa shape index (κ1) is 13.0. The number of unbranched alkanes of at least 4 members (excludes halogenated alkanes) is 1. The first-order valence-corrected chi connectivity index (χ1v) is 5.82. The van der Waals surface area contributed by atoms with Gasteiger partial charge in [-0.25, -0.2) is 0 Å². The molecule has 1 aromatic rings. The molecule has 4 nitrogen and oxygen atoms in total. The van der Waals surface area contributed by atoms with E-state index in [2.05, 4.69) is 21.2 Å². The minimum atomic E-state index is -0.303. The van der Waals surface area contributed by atoms with Gasteiger partial charge in [-0.05, 0) is 31.0 Å². The summed E-state index contributed by atoms with van der Waals surface area (Å²) in [5.41, 5.74) is 0.257. The second-order valence-corrected chi connectivity index (χ2v) is 4.26. The normalized spacial score (nSPS) is 10.1. The molecule has 0 saturated heterocycles. The van der Waals surface area contributed by atoms with Gasteiger partial charge >= 0.3 is 0 Å². The third-order valence-electron chi connectivity index (χ3n) is 2.07. The predicted octanol–water partition coefficient (Wildman–Crippen LogP) is 1.66. The zero-order chi connectivity index (χ0) is 12.0. The van der Waals surface area contributed by atoms with Crippen LogP contribution in [0.3, 0.4) is 0 Å². The fourth-order valence-corrected chi connectivity index (χ4v) is 1.58. The Balaban J connectivity index is 2.53. The number of rotatable bonds is 5. The van der Waals surface area contributed by atoms with Crippen molar-refractivity contribution < 1.29 is 15.0 Å². The molecule has 0 atom stereocenters. The number of amides is 1. The van der Waals surface area contributed by atoms with Crippen LogP contribution in [0, 0.1) is 0 Å². The summed E-state index contributed by atoms with van der Waals surface area (Å²) in [5, 5.41) is 20.8. The summed E-state index contributed by atoms with van der Waals surface area (Å²) in [6, 6.07) is 4.73. The molecule has 1 aromatic carbocycles. The summed E-state index contributed by atoms with van der Waals surface area (Å²) < 4.78 is 0.724. The minimum absolute atomic E-state index is 0.0472. The van der Waals surface area contributed by atoms with Crippen molar-refractivity contribution >= 4 is 21.8 Å². The van der Waals surface area contributed by atoms with Gasteiger partial charge in [-0.3, -0.25) is 4.79 Å². The maximum Gasteiger partial charge on any atom is 0.255 e. The minimum Gasteiger partial charge on any atom is -0.507 e. The van der Waals surface area contributed by atoms with E-state index in [9.17, 15) is 9.90 Å². The Morgan fingerprint density at radius 1 is 1.38 bits per heavy atom. The van der Waals surface area contributed by atoms with Crippen molar-refractivity contribution in [3.8, 4) is 5.75 Å². The Labute approximate surface area is 102 Å². The summed E-state index contributed by atoms with van der Waals surface area (Å²) in [6.07, 6.45) is 1.38. The van der Waals surface area contributed by atoms with E-state index in [1.807, 2.05) is 0 Å². The molecule has 0 fully saturated rings. The third kappa shape index (κ3) is 3.83. The molecule has 1 rings (SSSR count). The van der Waals surface area contributed by atoms with E-state index in [-0.39, 0.29) is 23.8 Å². The lowest BCUT2D eigenvalue weighted by atomic mass is 10.2. The van der Waals surface area contributed by atoms with Crippen LogP contribution in [-0.2, 0) is 0 Å². The summed E-state index contributed by atoms with van der Waals surface area (Å²) in [6.45, 7) is 0.619. The first-order valence-electron chi connectivity index (χ1n) is 5.02. The lowest BCUT2D eigenvalue weighted by Gasteiger charge is -2.06. The van der Waals surface area contributed by atoms with Gasteiger partial charge < -0.3 is 15.5 Å². The zero-order valence-electron chi connectivity index (χ0n) is 8.74. The summed E-state index contributed by atoms with van der Waals surface area (Å²) in [4.78, 5) is 11.6. The van der Waals surface area contributed by atoms with Crippen LogP contribution in [0.5, 0.6) is 5.75 Å². The Hall–Kier alpha value is -1.07. The number of halogens is 1. The third-order valence-corrected chi connectivity index (χ3v) is 2.57. The van der Waals surface area contributed by atoms with Crippen LogP contribution >= 0.6 is 15.9 Å². The highest BCUT2D eigenvalue weighted by molar-refractivity contribution is 9.10. The van der Waals surface area contributed by atoms with Crippen molar-refractivity contribution in [3.05, 3.63) is 28.2 Å². The van der Waals surface area contributed by atoms with E-state index in [0.29, 0.717) is 13.0 Å². The number of aliphatic hydroxyl groups excluding tert-OH is 1. The molecule has 0 heterocycles. The van der Waals surface area contributed by atoms with Crippen molar-refractivity contribution in [2.24, 2.45) is 0 Å². The van der Waals surface area contributed by atoms with Gasteiger partial charge in [-0.2, -0.15) is 0 Å². The van der Waals surface area contributed by atoms with Crippen LogP contribution in [0.4, 0.5) is 0 Å². The number of aliphatic hydroxyl groups is 1. The highest BCUT2D eigenvalue weighted by atomic mass is 79.9. The number of benzene rings is 1. The van der Waals surface area contributed by atoms with E-state index < -0.39 is 0 Å². The summed E-state index contributed by atoms with van der Waals surface area (Å²) in [5.74, 6) is -0.350. The van der Waals surface area contributed by atoms with E-state index in [1.165, 1.54) is 6.07 Å². The molecule has 16 heavy (non-hydrogen) atoms. The lowest BCUT2D eigenvalue weighted by Crippen LogP contribution is -2.24. The number of carbonyl (C=O) groups is 1. The van der Waals surface area contributed by atoms with Gasteiger partial charge in [0.25, 0.3) is 5.91 Å². The number of aromatic hydroxyl groups is 1. The standard InChI is InChI=1S/C11H14BrNO3/c12-8-3-4-9(10(15)7-8)11(16)13-5-1-2-6-14/h3-4,7,14-15H,1-2,5-6H2,(H,13,16). The average Bonchev–Trinajstić information content (AvgIpc) is 2.24. The van der Waals surface area contributed by atoms with Gasteiger partial charge in [0, 0.05) is 17.6 Å². The maximum atomic E-state index is 11.6. The molecular weight excluding hydrogens is 274 g/mol. The van der Waals surface area contributed by atoms with Crippen LogP contribution in [0.25, 0.3) is 0 Å². The van der Waals surface area contributed by atoms with Gasteiger partial charge in [0.2, 0.25) is 0 Å². The van der Waals surface area contributed by atoms with Gasteiger partial charge in [-0.15, -0.1) is 0 Å². The van der Waals surface area contributed by atoms with Crippen molar-refractivity contribution in [3.63, 3.8) is 0 Å². The number of hydrogen-bond acceptors (Lipinski definition) is 3. The fraction of sp³-hybridized carbons (Fsp3) is 0.364. The van der Waals surface area contributed by atoms with Crippen LogP contribution in [0.15, 0.2) is 22.7 Å². The van der Waals surface area contributed by atoms with Crippen LogP contribution in [-0.4, -0.2) is 29.3 Å². The van der Waals surface area contributed by atoms with Crippen molar-refractivity contribution in [1.29, 1.82) is 0 Å². The number of phenolic OH excluding ortho intramolecular Hbond substituents is 1. The molecule has 3 N–H and O–H groups in total. The predicted molar refractivity (Wildman–Crippen MR) is 64.5 cm³/mol. The number of carbonyl (C=O) groups excluding carboxylic acids is 1. The maximum absolute atomic E-state index is 11.6. The average molecular weight is 288 g/mol. The topological polar surface area (TPSA) is 69.6 Å². The Bertz CT molecular complexity index is 368. The Morgan fingerprint density at radius 3 is 2.75 bits per heavy atom. The Kier molecular flexibility index (Phi) is 5.28. The molecule has 0 unspecified atom stereocenters. The van der Waals surface area contributed by atoms with Crippen molar-refractivity contribution in [2.75, 3.05) is 13.2 Å². The molecule has 0 radical (unpaired) electrons. The first-order chi connectivity index (χ1) is 7.65. The Morgan fingerprint density at radius 2 is 2.12 bits per heavy atom. The highest BCUT2D eigenvalue weighted by Gasteiger charge is 2.10. The molecule has 0 aliphatic carbocycles. The van der Waals surface area contributed by atoms with Gasteiger partial charge in [0.15, 0.2) is 0 Å². The molecular formula is C11H14BrNO3. The molecule has 88 valence electrons. The quantitative estimate of drug-likeness (QED) is 0.722. The van der Waals surface area contributed by atoms with E-state index in [4.69, 9.17) is 5.11 Å². The second kappa shape index (κ2) is 6.50. The highest BCUT2D eigenvalue weighted by Crippen LogP contribution is 2.21. The molecule has 0 aliphatic heterocycles. The molecule has 0 saturated carbocycles. The van der Waals surface area contributed by atoms with Crippen molar-refractivity contribution in [2.45, 2.75) is 12.8 Å². The molecule has 0 aliphatic rings. The van der Waals surface area contributed by atoms with Crippen LogP contribution in [0.2, 0.25) is 0 Å². The van der Waals surface area contributed by atoms with E-state index >= 15 is 0 Å². The van der Waals surface area contributed by atoms with Gasteiger partial charge in [0.05, 0.1) is 5.56 Å². The number of hydrogen-bond donors (Lipinski definition) is 3. The monoisotopic (exact) mass is 287 g/mol. The molecule has 0 spiro atoms. The fourth-order valence-electron chi connectivity index (χ4n) is 1.23. The number of phenols is 1. The molecule has 0 aromatic heterocycles. The van der Waals surface area contributed by atoms with Gasteiger partial charge in [0.1, 0.15) is 5.75 Å². The molecule has 5 heteroatoms. The summed E-state index contributed by atoms with van der Waals surface area (Å²) >= 11 is 3.20. The largest absolute Gasteiger partial charge is 0.507 e. The van der Waals surface area contributed by atoms with Crippen molar-refractivity contribution in [1.82, 2.24) is 5.32 Å². The summed E-state index contributed by atoms with van der Waals surface area (Å²) in [7, 11) is 0. The van der Waals surface area contributed by atoms with Gasteiger partial charge in [-0.1, -0.05) is 15.9 Å². The number of nitrogens with one attached hydrogen (secondary N) is 1. The van der Waals surface area contributed by atoms with E-state index in [1.54, 1.807) is 12.1 Å². The lowest BCUT2D eigenvalue weighted by molar-refractivity contribution is 0.0949. The second-order valence-electron chi connectivity index (χ2n) is 3.35. The molecule has 0 bridgehead atoms. The molecule has 1 amide bonds.